The Morgan fingerprint density at radius 1 is 1.17 bits per heavy atom. The molecule has 0 aliphatic carbocycles. The van der Waals surface area contributed by atoms with E-state index in [-0.39, 0.29) is 0 Å². The Labute approximate surface area is 113 Å². The first-order valence-electron chi connectivity index (χ1n) is 7.28. The molecule has 0 radical (unpaired) electrons. The lowest BCUT2D eigenvalue weighted by molar-refractivity contribution is 0.0981. The summed E-state index contributed by atoms with van der Waals surface area (Å²) in [6.07, 6.45) is 4.49. The molecule has 0 bridgehead atoms. The molecule has 2 aliphatic rings. The maximum Gasteiger partial charge on any atom is 0.174 e. The first-order chi connectivity index (χ1) is 8.41. The number of epoxide rings is 1. The molecule has 18 heavy (non-hydrogen) atoms. The van der Waals surface area contributed by atoms with E-state index in [9.17, 15) is 0 Å². The second kappa shape index (κ2) is 5.75. The summed E-state index contributed by atoms with van der Waals surface area (Å²) in [5.41, 5.74) is 0. The summed E-state index contributed by atoms with van der Waals surface area (Å²) >= 11 is 0. The van der Waals surface area contributed by atoms with Crippen molar-refractivity contribution in [3.05, 3.63) is 0 Å². The molecule has 0 amide bonds. The molecule has 2 fully saturated rings. The molecule has 0 N–H and O–H groups in total. The summed E-state index contributed by atoms with van der Waals surface area (Å²) in [7, 11) is -2.43. The average Bonchev–Trinajstić information content (AvgIpc) is 3.07. The van der Waals surface area contributed by atoms with Crippen molar-refractivity contribution in [1.29, 1.82) is 0 Å². The van der Waals surface area contributed by atoms with Crippen LogP contribution in [0.15, 0.2) is 0 Å². The summed E-state index contributed by atoms with van der Waals surface area (Å²) in [5.74, 6) is 0. The highest BCUT2D eigenvalue weighted by atomic mass is 29.3. The van der Waals surface area contributed by atoms with Gasteiger partial charge in [-0.2, -0.15) is 0 Å². The molecule has 0 aromatic carbocycles. The fourth-order valence-electron chi connectivity index (χ4n) is 2.45. The van der Waals surface area contributed by atoms with Crippen molar-refractivity contribution in [2.24, 2.45) is 0 Å². The Balaban J connectivity index is 1.61. The van der Waals surface area contributed by atoms with Crippen LogP contribution in [-0.2, 0) is 13.9 Å². The Kier molecular flexibility index (Phi) is 4.70. The molecule has 2 saturated heterocycles. The van der Waals surface area contributed by atoms with Gasteiger partial charge in [-0.3, -0.25) is 0 Å². The van der Waals surface area contributed by atoms with Gasteiger partial charge in [-0.1, -0.05) is 19.1 Å². The van der Waals surface area contributed by atoms with Crippen molar-refractivity contribution < 1.29 is 13.9 Å². The first-order valence-corrected chi connectivity index (χ1v) is 14.4. The zero-order valence-electron chi connectivity index (χ0n) is 12.3. The van der Waals surface area contributed by atoms with Crippen molar-refractivity contribution in [3.63, 3.8) is 0 Å². The fourth-order valence-corrected chi connectivity index (χ4v) is 9.18. The van der Waals surface area contributed by atoms with E-state index in [1.54, 1.807) is 0 Å². The standard InChI is InChI=1S/C13H28O3Si2/c1-17(2)9-7-12(16-18(17,3)4)6-5-8-14-10-13-11-15-13/h12-13H,5-11H2,1-4H3. The predicted octanol–water partition coefficient (Wildman–Crippen LogP) is 2.96. The first kappa shape index (κ1) is 14.7. The van der Waals surface area contributed by atoms with Crippen LogP contribution in [0.1, 0.15) is 19.3 Å². The van der Waals surface area contributed by atoms with Crippen LogP contribution in [0.5, 0.6) is 0 Å². The number of hydrogen-bond acceptors (Lipinski definition) is 3. The van der Waals surface area contributed by atoms with E-state index in [1.165, 1.54) is 18.9 Å². The largest absolute Gasteiger partial charge is 0.417 e. The van der Waals surface area contributed by atoms with E-state index in [2.05, 4.69) is 26.2 Å². The monoisotopic (exact) mass is 288 g/mol. The molecule has 5 heteroatoms. The van der Waals surface area contributed by atoms with Crippen molar-refractivity contribution in [3.8, 4) is 0 Å². The van der Waals surface area contributed by atoms with Gasteiger partial charge in [-0.05, 0) is 32.4 Å². The van der Waals surface area contributed by atoms with Crippen LogP contribution in [0.2, 0.25) is 32.2 Å². The average molecular weight is 289 g/mol. The van der Waals surface area contributed by atoms with Gasteiger partial charge < -0.3 is 13.9 Å². The maximum absolute atomic E-state index is 6.45. The summed E-state index contributed by atoms with van der Waals surface area (Å²) < 4.78 is 17.1. The number of ether oxygens (including phenoxy) is 2. The number of hydrogen-bond donors (Lipinski definition) is 0. The molecule has 3 nitrogen and oxygen atoms in total. The minimum Gasteiger partial charge on any atom is -0.417 e. The van der Waals surface area contributed by atoms with Crippen LogP contribution in [0, 0.1) is 0 Å². The normalized spacial score (nSPS) is 33.3. The molecular weight excluding hydrogens is 260 g/mol. The molecule has 2 unspecified atom stereocenters. The van der Waals surface area contributed by atoms with Crippen molar-refractivity contribution >= 4 is 15.4 Å². The minimum atomic E-state index is -1.38. The van der Waals surface area contributed by atoms with Crippen molar-refractivity contribution in [2.45, 2.75) is 63.7 Å². The lowest BCUT2D eigenvalue weighted by Crippen LogP contribution is -2.61. The second-order valence-electron chi connectivity index (χ2n) is 6.85. The van der Waals surface area contributed by atoms with E-state index in [4.69, 9.17) is 13.9 Å². The van der Waals surface area contributed by atoms with Crippen LogP contribution in [0.3, 0.4) is 0 Å². The summed E-state index contributed by atoms with van der Waals surface area (Å²) in [4.78, 5) is 0. The Bertz CT molecular complexity index is 277. The molecule has 2 aliphatic heterocycles. The van der Waals surface area contributed by atoms with Crippen molar-refractivity contribution in [1.82, 2.24) is 0 Å². The van der Waals surface area contributed by atoms with E-state index < -0.39 is 15.4 Å². The lowest BCUT2D eigenvalue weighted by atomic mass is 10.1. The smallest absolute Gasteiger partial charge is 0.174 e. The van der Waals surface area contributed by atoms with Gasteiger partial charge >= 0.3 is 0 Å². The molecule has 0 aromatic heterocycles. The third-order valence-corrected chi connectivity index (χ3v) is 21.3. The van der Waals surface area contributed by atoms with Crippen LogP contribution in [-0.4, -0.2) is 47.5 Å². The summed E-state index contributed by atoms with van der Waals surface area (Å²) in [5, 5.41) is 0. The zero-order chi connectivity index (χ0) is 13.2. The highest BCUT2D eigenvalue weighted by Crippen LogP contribution is 2.34. The van der Waals surface area contributed by atoms with Gasteiger partial charge in [0.1, 0.15) is 6.10 Å². The fraction of sp³-hybridized carbons (Fsp3) is 1.00. The van der Waals surface area contributed by atoms with Gasteiger partial charge in [-0.25, -0.2) is 0 Å². The topological polar surface area (TPSA) is 31.0 Å². The van der Waals surface area contributed by atoms with Gasteiger partial charge in [0.05, 0.1) is 20.8 Å². The summed E-state index contributed by atoms with van der Waals surface area (Å²) in [6.45, 7) is 12.4. The molecule has 2 heterocycles. The van der Waals surface area contributed by atoms with E-state index >= 15 is 0 Å². The van der Waals surface area contributed by atoms with Crippen LogP contribution in [0.25, 0.3) is 0 Å². The maximum atomic E-state index is 6.45. The van der Waals surface area contributed by atoms with Gasteiger partial charge in [0, 0.05) is 12.7 Å². The van der Waals surface area contributed by atoms with Crippen LogP contribution in [0.4, 0.5) is 0 Å². The predicted molar refractivity (Wildman–Crippen MR) is 79.1 cm³/mol. The number of rotatable bonds is 6. The molecule has 0 saturated carbocycles. The van der Waals surface area contributed by atoms with Crippen LogP contribution >= 0.6 is 0 Å². The molecule has 2 atom stereocenters. The van der Waals surface area contributed by atoms with E-state index in [1.807, 2.05) is 0 Å². The Morgan fingerprint density at radius 3 is 2.50 bits per heavy atom. The molecular formula is C13H28O3Si2. The molecule has 0 spiro atoms. The summed E-state index contributed by atoms with van der Waals surface area (Å²) in [6, 6.07) is 1.45. The molecule has 0 aromatic rings. The highest BCUT2D eigenvalue weighted by molar-refractivity contribution is 7.38. The second-order valence-corrected chi connectivity index (χ2v) is 22.0. The lowest BCUT2D eigenvalue weighted by Gasteiger charge is -2.45. The van der Waals surface area contributed by atoms with E-state index in [0.717, 1.165) is 26.2 Å². The highest BCUT2D eigenvalue weighted by Gasteiger charge is 2.47. The Hall–Kier alpha value is 0.314. The quantitative estimate of drug-likeness (QED) is 0.428. The van der Waals surface area contributed by atoms with Gasteiger partial charge in [0.25, 0.3) is 0 Å². The van der Waals surface area contributed by atoms with E-state index in [0.29, 0.717) is 12.2 Å². The molecule has 2 rings (SSSR count). The third kappa shape index (κ3) is 3.90. The van der Waals surface area contributed by atoms with Crippen LogP contribution < -0.4 is 0 Å². The third-order valence-electron chi connectivity index (χ3n) is 4.70. The van der Waals surface area contributed by atoms with Gasteiger partial charge in [0.2, 0.25) is 0 Å². The SMILES string of the molecule is C[Si]1(C)CCC(CCCOCC2CO2)O[Si]1(C)C. The van der Waals surface area contributed by atoms with Gasteiger partial charge in [-0.15, -0.1) is 0 Å². The van der Waals surface area contributed by atoms with Gasteiger partial charge in [0.15, 0.2) is 7.83 Å². The van der Waals surface area contributed by atoms with Crippen molar-refractivity contribution in [2.75, 3.05) is 19.8 Å². The minimum absolute atomic E-state index is 0.397. The molecule has 106 valence electrons. The Morgan fingerprint density at radius 2 is 1.89 bits per heavy atom. The zero-order valence-corrected chi connectivity index (χ0v) is 14.3.